The molecule has 1 heterocycles. The molecule has 0 unspecified atom stereocenters. The molecule has 0 spiro atoms. The molecule has 0 aliphatic heterocycles. The van der Waals surface area contributed by atoms with Crippen molar-refractivity contribution in [1.29, 1.82) is 0 Å². The third-order valence-electron chi connectivity index (χ3n) is 1.16. The molecule has 5 nitrogen and oxygen atoms in total. The van der Waals surface area contributed by atoms with Crippen molar-refractivity contribution in [2.45, 2.75) is 0 Å². The lowest BCUT2D eigenvalue weighted by Gasteiger charge is -1.99. The molecule has 0 aliphatic carbocycles. The van der Waals surface area contributed by atoms with E-state index in [0.717, 1.165) is 12.3 Å². The lowest BCUT2D eigenvalue weighted by Crippen LogP contribution is -2.27. The minimum absolute atomic E-state index is 0.247. The molecule has 1 rings (SSSR count). The average molecular weight is 209 g/mol. The Kier molecular flexibility index (Phi) is 2.35. The first-order valence-corrected chi connectivity index (χ1v) is 3.51. The minimum Gasteiger partial charge on any atom is -0.618 e. The van der Waals surface area contributed by atoms with Crippen molar-refractivity contribution >= 4 is 28.9 Å². The van der Waals surface area contributed by atoms with Gasteiger partial charge in [0.05, 0.1) is 11.0 Å². The van der Waals surface area contributed by atoms with Crippen LogP contribution in [0.25, 0.3) is 0 Å². The zero-order valence-electron chi connectivity index (χ0n) is 5.53. The monoisotopic (exact) mass is 208 g/mol. The van der Waals surface area contributed by atoms with Gasteiger partial charge in [0.2, 0.25) is 5.02 Å². The first kappa shape index (κ1) is 9.02. The summed E-state index contributed by atoms with van der Waals surface area (Å²) < 4.78 is 0.247. The fraction of sp³-hybridized carbons (Fsp3) is 0. The standard InChI is InChI=1S/C5H2Cl2N2O3/c6-4-3(9(11)12)1-2-8(10)5(4)7/h1-2H. The summed E-state index contributed by atoms with van der Waals surface area (Å²) in [5.41, 5.74) is -0.381. The summed E-state index contributed by atoms with van der Waals surface area (Å²) in [6.45, 7) is 0. The van der Waals surface area contributed by atoms with E-state index in [-0.39, 0.29) is 15.4 Å². The average Bonchev–Trinajstić information content (AvgIpc) is 2.00. The van der Waals surface area contributed by atoms with Crippen LogP contribution in [0, 0.1) is 15.3 Å². The number of pyridine rings is 1. The Labute approximate surface area is 76.9 Å². The van der Waals surface area contributed by atoms with Crippen LogP contribution in [0.1, 0.15) is 0 Å². The van der Waals surface area contributed by atoms with Crippen molar-refractivity contribution in [3.8, 4) is 0 Å². The van der Waals surface area contributed by atoms with Crippen LogP contribution < -0.4 is 4.73 Å². The van der Waals surface area contributed by atoms with E-state index >= 15 is 0 Å². The van der Waals surface area contributed by atoms with E-state index in [0.29, 0.717) is 0 Å². The predicted octanol–water partition coefficient (Wildman–Crippen LogP) is 1.53. The van der Waals surface area contributed by atoms with E-state index in [4.69, 9.17) is 23.2 Å². The molecule has 0 N–H and O–H groups in total. The van der Waals surface area contributed by atoms with Crippen molar-refractivity contribution < 1.29 is 9.65 Å². The topological polar surface area (TPSA) is 70.1 Å². The van der Waals surface area contributed by atoms with Gasteiger partial charge >= 0.3 is 10.8 Å². The molecular weight excluding hydrogens is 207 g/mol. The lowest BCUT2D eigenvalue weighted by atomic mass is 10.4. The van der Waals surface area contributed by atoms with E-state index < -0.39 is 10.1 Å². The molecule has 0 bridgehead atoms. The smallest absolute Gasteiger partial charge is 0.312 e. The first-order valence-electron chi connectivity index (χ1n) is 2.75. The third-order valence-corrected chi connectivity index (χ3v) is 1.99. The summed E-state index contributed by atoms with van der Waals surface area (Å²) in [7, 11) is 0. The Morgan fingerprint density at radius 2 is 2.08 bits per heavy atom. The quantitative estimate of drug-likeness (QED) is 0.231. The number of nitro groups is 1. The SMILES string of the molecule is O=[N+]([O-])c1cc[n+]([O-])c(Cl)c1Cl. The highest BCUT2D eigenvalue weighted by Crippen LogP contribution is 2.27. The van der Waals surface area contributed by atoms with Gasteiger partial charge in [-0.1, -0.05) is 11.6 Å². The fourth-order valence-electron chi connectivity index (χ4n) is 0.620. The molecule has 1 aromatic heterocycles. The highest BCUT2D eigenvalue weighted by Gasteiger charge is 2.21. The van der Waals surface area contributed by atoms with Crippen molar-refractivity contribution in [3.05, 3.63) is 37.8 Å². The summed E-state index contributed by atoms with van der Waals surface area (Å²) in [5.74, 6) is 0. The number of halogens is 2. The van der Waals surface area contributed by atoms with Crippen molar-refractivity contribution in [2.24, 2.45) is 0 Å². The van der Waals surface area contributed by atoms with Gasteiger partial charge in [0.25, 0.3) is 0 Å². The highest BCUT2D eigenvalue weighted by molar-refractivity contribution is 6.41. The van der Waals surface area contributed by atoms with E-state index in [1.165, 1.54) is 0 Å². The zero-order valence-corrected chi connectivity index (χ0v) is 7.04. The van der Waals surface area contributed by atoms with Crippen LogP contribution in [-0.2, 0) is 0 Å². The number of hydrogen-bond donors (Lipinski definition) is 0. The second-order valence-corrected chi connectivity index (χ2v) is 2.62. The molecule has 0 aliphatic rings. The lowest BCUT2D eigenvalue weighted by molar-refractivity contribution is -0.603. The maximum absolute atomic E-state index is 10.7. The molecule has 12 heavy (non-hydrogen) atoms. The Balaban J connectivity index is 3.36. The van der Waals surface area contributed by atoms with Gasteiger partial charge in [0.15, 0.2) is 6.20 Å². The Hall–Kier alpha value is -1.07. The molecule has 1 aromatic rings. The predicted molar refractivity (Wildman–Crippen MR) is 42.1 cm³/mol. The maximum atomic E-state index is 10.7. The summed E-state index contributed by atoms with van der Waals surface area (Å²) in [4.78, 5) is 9.52. The van der Waals surface area contributed by atoms with Gasteiger partial charge in [-0.05, 0) is 11.6 Å². The molecule has 0 aromatic carbocycles. The van der Waals surface area contributed by atoms with E-state index in [2.05, 4.69) is 0 Å². The number of aromatic nitrogens is 1. The van der Waals surface area contributed by atoms with Gasteiger partial charge in [0.1, 0.15) is 0 Å². The van der Waals surface area contributed by atoms with Crippen LogP contribution in [0.3, 0.4) is 0 Å². The zero-order chi connectivity index (χ0) is 9.30. The highest BCUT2D eigenvalue weighted by atomic mass is 35.5. The van der Waals surface area contributed by atoms with Gasteiger partial charge in [-0.15, -0.1) is 0 Å². The number of nitrogens with zero attached hydrogens (tertiary/aromatic N) is 2. The van der Waals surface area contributed by atoms with Gasteiger partial charge in [-0.3, -0.25) is 10.1 Å². The normalized spacial score (nSPS) is 9.83. The molecule has 0 fully saturated rings. The van der Waals surface area contributed by atoms with Gasteiger partial charge in [-0.25, -0.2) is 0 Å². The van der Waals surface area contributed by atoms with Crippen LogP contribution in [0.2, 0.25) is 10.2 Å². The second kappa shape index (κ2) is 3.12. The second-order valence-electron chi connectivity index (χ2n) is 1.89. The van der Waals surface area contributed by atoms with Crippen molar-refractivity contribution in [3.63, 3.8) is 0 Å². The molecule has 0 saturated heterocycles. The molecule has 7 heteroatoms. The maximum Gasteiger partial charge on any atom is 0.312 e. The van der Waals surface area contributed by atoms with Crippen LogP contribution in [0.5, 0.6) is 0 Å². The minimum atomic E-state index is -0.714. The molecular formula is C5H2Cl2N2O3. The Morgan fingerprint density at radius 3 is 2.58 bits per heavy atom. The number of hydrogen-bond acceptors (Lipinski definition) is 3. The Bertz CT molecular complexity index is 342. The summed E-state index contributed by atoms with van der Waals surface area (Å²) in [6.07, 6.45) is 0.923. The molecule has 0 saturated carbocycles. The number of rotatable bonds is 1. The molecule has 64 valence electrons. The summed E-state index contributed by atoms with van der Waals surface area (Å²) in [6, 6.07) is 0.987. The van der Waals surface area contributed by atoms with Gasteiger partial charge < -0.3 is 5.21 Å². The van der Waals surface area contributed by atoms with E-state index in [9.17, 15) is 15.3 Å². The summed E-state index contributed by atoms with van der Waals surface area (Å²) in [5, 5.41) is 20.2. The van der Waals surface area contributed by atoms with Crippen LogP contribution in [0.4, 0.5) is 5.69 Å². The van der Waals surface area contributed by atoms with Crippen LogP contribution in [0.15, 0.2) is 12.3 Å². The summed E-state index contributed by atoms with van der Waals surface area (Å²) >= 11 is 10.7. The molecule has 0 atom stereocenters. The van der Waals surface area contributed by atoms with Crippen LogP contribution >= 0.6 is 23.2 Å². The fourth-order valence-corrected chi connectivity index (χ4v) is 0.989. The molecule has 0 radical (unpaired) electrons. The first-order chi connectivity index (χ1) is 5.54. The van der Waals surface area contributed by atoms with Crippen molar-refractivity contribution in [1.82, 2.24) is 0 Å². The van der Waals surface area contributed by atoms with Gasteiger partial charge in [-0.2, -0.15) is 4.73 Å². The van der Waals surface area contributed by atoms with Crippen LogP contribution in [-0.4, -0.2) is 4.92 Å². The van der Waals surface area contributed by atoms with E-state index in [1.807, 2.05) is 0 Å². The molecule has 0 amide bonds. The van der Waals surface area contributed by atoms with E-state index in [1.54, 1.807) is 0 Å². The third kappa shape index (κ3) is 1.41. The van der Waals surface area contributed by atoms with Crippen molar-refractivity contribution in [2.75, 3.05) is 0 Å². The Morgan fingerprint density at radius 1 is 1.50 bits per heavy atom. The van der Waals surface area contributed by atoms with Gasteiger partial charge in [0, 0.05) is 0 Å². The largest absolute Gasteiger partial charge is 0.618 e.